The van der Waals surface area contributed by atoms with Crippen molar-refractivity contribution >= 4 is 35.1 Å². The Balaban J connectivity index is 2.12. The molecule has 1 unspecified atom stereocenters. The van der Waals surface area contributed by atoms with Gasteiger partial charge in [0, 0.05) is 10.0 Å². The fraction of sp³-hybridized carbons (Fsp3) is 0.333. The molecule has 1 aliphatic heterocycles. The van der Waals surface area contributed by atoms with E-state index in [1.54, 1.807) is 42.5 Å². The predicted molar refractivity (Wildman–Crippen MR) is 108 cm³/mol. The topological polar surface area (TPSA) is 66.8 Å². The van der Waals surface area contributed by atoms with Crippen LogP contribution in [0.15, 0.2) is 48.5 Å². The molecule has 3 atom stereocenters. The molecule has 3 rings (SSSR count). The molecule has 2 aromatic rings. The van der Waals surface area contributed by atoms with Crippen LogP contribution in [0.5, 0.6) is 0 Å². The number of carboxylic acids is 1. The third-order valence-electron chi connectivity index (χ3n) is 4.83. The number of rotatable bonds is 6. The molecule has 0 bridgehead atoms. The standard InChI is InChI=1S/C21H21Cl2NO4/c1-2-4-17(21(26)27)24-18(25)12-28-20(14-5-3-6-16(23)11-14)19(24)13-7-9-15(22)10-8-13/h3,5-11,17,19-20H,2,4,12H2,1H3,(H,26,27)/t17?,19-,20+/m0/s1. The van der Waals surface area contributed by atoms with Gasteiger partial charge in [-0.2, -0.15) is 0 Å². The quantitative estimate of drug-likeness (QED) is 0.720. The number of carbonyl (C=O) groups is 2. The first-order chi connectivity index (χ1) is 13.4. The molecule has 7 heteroatoms. The van der Waals surface area contributed by atoms with Gasteiger partial charge in [0.1, 0.15) is 18.8 Å². The SMILES string of the molecule is CCCC(C(=O)O)N1C(=O)CO[C@H](c2cccc(Cl)c2)[C@@H]1c1ccc(Cl)cc1. The van der Waals surface area contributed by atoms with Crippen LogP contribution in [-0.2, 0) is 14.3 Å². The number of aliphatic carboxylic acids is 1. The van der Waals surface area contributed by atoms with Crippen LogP contribution in [0.25, 0.3) is 0 Å². The lowest BCUT2D eigenvalue weighted by Gasteiger charge is -2.44. The highest BCUT2D eigenvalue weighted by Gasteiger charge is 2.44. The summed E-state index contributed by atoms with van der Waals surface area (Å²) in [7, 11) is 0. The van der Waals surface area contributed by atoms with Crippen LogP contribution < -0.4 is 0 Å². The maximum Gasteiger partial charge on any atom is 0.326 e. The molecule has 0 aromatic heterocycles. The second kappa shape index (κ2) is 8.95. The Labute approximate surface area is 173 Å². The van der Waals surface area contributed by atoms with Crippen molar-refractivity contribution in [2.24, 2.45) is 0 Å². The highest BCUT2D eigenvalue weighted by Crippen LogP contribution is 2.42. The third-order valence-corrected chi connectivity index (χ3v) is 5.32. The van der Waals surface area contributed by atoms with Crippen molar-refractivity contribution in [2.75, 3.05) is 6.61 Å². The van der Waals surface area contributed by atoms with Gasteiger partial charge in [-0.3, -0.25) is 4.79 Å². The van der Waals surface area contributed by atoms with Crippen molar-refractivity contribution < 1.29 is 19.4 Å². The highest BCUT2D eigenvalue weighted by molar-refractivity contribution is 6.30. The molecule has 1 heterocycles. The highest BCUT2D eigenvalue weighted by atomic mass is 35.5. The number of morpholine rings is 1. The van der Waals surface area contributed by atoms with E-state index in [9.17, 15) is 14.7 Å². The maximum absolute atomic E-state index is 12.8. The fourth-order valence-corrected chi connectivity index (χ4v) is 3.93. The minimum Gasteiger partial charge on any atom is -0.480 e. The maximum atomic E-state index is 12.8. The van der Waals surface area contributed by atoms with Crippen molar-refractivity contribution in [2.45, 2.75) is 38.0 Å². The number of nitrogens with zero attached hydrogens (tertiary/aromatic N) is 1. The van der Waals surface area contributed by atoms with Gasteiger partial charge >= 0.3 is 5.97 Å². The second-order valence-corrected chi connectivity index (χ2v) is 7.60. The van der Waals surface area contributed by atoms with Crippen molar-refractivity contribution in [1.82, 2.24) is 4.90 Å². The fourth-order valence-electron chi connectivity index (χ4n) is 3.61. The molecule has 5 nitrogen and oxygen atoms in total. The average molecular weight is 422 g/mol. The van der Waals surface area contributed by atoms with E-state index in [0.717, 1.165) is 11.1 Å². The Bertz CT molecular complexity index is 856. The lowest BCUT2D eigenvalue weighted by molar-refractivity contribution is -0.171. The molecule has 1 fully saturated rings. The van der Waals surface area contributed by atoms with Crippen LogP contribution in [0.3, 0.4) is 0 Å². The molecular weight excluding hydrogens is 401 g/mol. The molecule has 1 N–H and O–H groups in total. The summed E-state index contributed by atoms with van der Waals surface area (Å²) in [6.07, 6.45) is 0.445. The largest absolute Gasteiger partial charge is 0.480 e. The summed E-state index contributed by atoms with van der Waals surface area (Å²) >= 11 is 12.2. The van der Waals surface area contributed by atoms with Gasteiger partial charge in [0.25, 0.3) is 0 Å². The van der Waals surface area contributed by atoms with Gasteiger partial charge in [0.05, 0.1) is 6.04 Å². The molecule has 1 saturated heterocycles. The molecule has 1 amide bonds. The lowest BCUT2D eigenvalue weighted by atomic mass is 9.91. The van der Waals surface area contributed by atoms with Crippen LogP contribution in [0.2, 0.25) is 10.0 Å². The minimum atomic E-state index is -1.03. The Kier molecular flexibility index (Phi) is 6.60. The third kappa shape index (κ3) is 4.32. The van der Waals surface area contributed by atoms with Crippen LogP contribution in [0.1, 0.15) is 43.0 Å². The second-order valence-electron chi connectivity index (χ2n) is 6.73. The summed E-state index contributed by atoms with van der Waals surface area (Å²) in [4.78, 5) is 26.2. The zero-order chi connectivity index (χ0) is 20.3. The molecule has 2 aromatic carbocycles. The van der Waals surface area contributed by atoms with Gasteiger partial charge in [0.15, 0.2) is 0 Å². The van der Waals surface area contributed by atoms with Gasteiger partial charge in [-0.15, -0.1) is 0 Å². The number of hydrogen-bond donors (Lipinski definition) is 1. The minimum absolute atomic E-state index is 0.186. The Morgan fingerprint density at radius 3 is 2.50 bits per heavy atom. The van der Waals surface area contributed by atoms with Crippen LogP contribution in [0, 0.1) is 0 Å². The number of ether oxygens (including phenoxy) is 1. The number of carbonyl (C=O) groups excluding carboxylic acids is 1. The normalized spacial score (nSPS) is 20.8. The lowest BCUT2D eigenvalue weighted by Crippen LogP contribution is -2.53. The molecule has 0 aliphatic carbocycles. The van der Waals surface area contributed by atoms with Crippen LogP contribution in [0.4, 0.5) is 0 Å². The molecule has 0 spiro atoms. The average Bonchev–Trinajstić information content (AvgIpc) is 2.67. The smallest absolute Gasteiger partial charge is 0.326 e. The van der Waals surface area contributed by atoms with Crippen molar-refractivity contribution in [3.05, 3.63) is 69.7 Å². The van der Waals surface area contributed by atoms with Crippen molar-refractivity contribution in [3.8, 4) is 0 Å². The first-order valence-corrected chi connectivity index (χ1v) is 9.84. The summed E-state index contributed by atoms with van der Waals surface area (Å²) in [5.74, 6) is -1.38. The molecule has 1 aliphatic rings. The Hall–Kier alpha value is -2.08. The van der Waals surface area contributed by atoms with E-state index in [-0.39, 0.29) is 12.5 Å². The van der Waals surface area contributed by atoms with E-state index < -0.39 is 24.2 Å². The summed E-state index contributed by atoms with van der Waals surface area (Å²) < 4.78 is 5.89. The number of carboxylic acid groups (broad SMARTS) is 1. The first kappa shape index (κ1) is 20.6. The predicted octanol–water partition coefficient (Wildman–Crippen LogP) is 4.89. The van der Waals surface area contributed by atoms with E-state index in [1.807, 2.05) is 13.0 Å². The van der Waals surface area contributed by atoms with Crippen molar-refractivity contribution in [1.29, 1.82) is 0 Å². The van der Waals surface area contributed by atoms with E-state index in [0.29, 0.717) is 22.9 Å². The monoisotopic (exact) mass is 421 g/mol. The molecule has 0 saturated carbocycles. The molecule has 0 radical (unpaired) electrons. The summed E-state index contributed by atoms with van der Waals surface area (Å²) in [5.41, 5.74) is 1.54. The van der Waals surface area contributed by atoms with Gasteiger partial charge in [-0.1, -0.05) is 60.8 Å². The van der Waals surface area contributed by atoms with Gasteiger partial charge in [-0.25, -0.2) is 4.79 Å². The van der Waals surface area contributed by atoms with Gasteiger partial charge < -0.3 is 14.7 Å². The molecular formula is C21H21Cl2NO4. The Morgan fingerprint density at radius 2 is 1.89 bits per heavy atom. The zero-order valence-corrected chi connectivity index (χ0v) is 16.9. The number of benzene rings is 2. The zero-order valence-electron chi connectivity index (χ0n) is 15.3. The van der Waals surface area contributed by atoms with E-state index in [2.05, 4.69) is 0 Å². The molecule has 148 valence electrons. The summed E-state index contributed by atoms with van der Waals surface area (Å²) in [6.45, 7) is 1.71. The summed E-state index contributed by atoms with van der Waals surface area (Å²) in [5, 5.41) is 10.9. The number of halogens is 2. The molecule has 28 heavy (non-hydrogen) atoms. The van der Waals surface area contributed by atoms with E-state index in [4.69, 9.17) is 27.9 Å². The first-order valence-electron chi connectivity index (χ1n) is 9.09. The van der Waals surface area contributed by atoms with Crippen molar-refractivity contribution in [3.63, 3.8) is 0 Å². The van der Waals surface area contributed by atoms with Crippen LogP contribution in [-0.4, -0.2) is 34.5 Å². The summed E-state index contributed by atoms with van der Waals surface area (Å²) in [6, 6.07) is 12.7. The van der Waals surface area contributed by atoms with Crippen LogP contribution >= 0.6 is 23.2 Å². The van der Waals surface area contributed by atoms with E-state index >= 15 is 0 Å². The Morgan fingerprint density at radius 1 is 1.18 bits per heavy atom. The number of hydrogen-bond acceptors (Lipinski definition) is 3. The number of amides is 1. The van der Waals surface area contributed by atoms with Gasteiger partial charge in [-0.05, 0) is 41.8 Å². The van der Waals surface area contributed by atoms with E-state index in [1.165, 1.54) is 4.90 Å². The van der Waals surface area contributed by atoms with Gasteiger partial charge in [0.2, 0.25) is 5.91 Å².